The van der Waals surface area contributed by atoms with Gasteiger partial charge in [-0.15, -0.1) is 0 Å². The van der Waals surface area contributed by atoms with Gasteiger partial charge in [0.15, 0.2) is 11.8 Å². The summed E-state index contributed by atoms with van der Waals surface area (Å²) in [4.78, 5) is 40.0. The van der Waals surface area contributed by atoms with Gasteiger partial charge >= 0.3 is 0 Å². The molecule has 0 saturated heterocycles. The lowest BCUT2D eigenvalue weighted by Crippen LogP contribution is -2.41. The zero-order valence-electron chi connectivity index (χ0n) is 15.0. The zero-order chi connectivity index (χ0) is 19.2. The minimum absolute atomic E-state index is 0.347. The van der Waals surface area contributed by atoms with Crippen LogP contribution in [0.1, 0.15) is 22.0 Å². The Morgan fingerprint density at radius 3 is 2.11 bits per heavy atom. The van der Waals surface area contributed by atoms with Gasteiger partial charge in [-0.05, 0) is 11.6 Å². The van der Waals surface area contributed by atoms with Crippen molar-refractivity contribution in [3.05, 3.63) is 107 Å². The molecule has 3 aromatic rings. The first kappa shape index (κ1) is 18.3. The summed E-state index contributed by atoms with van der Waals surface area (Å²) in [5, 5.41) is 0. The van der Waals surface area contributed by atoms with Crippen LogP contribution < -0.4 is 5.56 Å². The van der Waals surface area contributed by atoms with Crippen LogP contribution in [-0.2, 0) is 11.3 Å². The largest absolute Gasteiger partial charge is 0.339 e. The molecule has 0 saturated carbocycles. The molecule has 0 aliphatic heterocycles. The molecule has 5 nitrogen and oxygen atoms in total. The molecule has 0 radical (unpaired) electrons. The highest BCUT2D eigenvalue weighted by Gasteiger charge is 2.32. The van der Waals surface area contributed by atoms with Gasteiger partial charge in [0.1, 0.15) is 0 Å². The predicted octanol–water partition coefficient (Wildman–Crippen LogP) is 2.93. The summed E-state index contributed by atoms with van der Waals surface area (Å²) >= 11 is 0. The van der Waals surface area contributed by atoms with Gasteiger partial charge in [0.25, 0.3) is 11.5 Å². The molecule has 2 aromatic carbocycles. The monoisotopic (exact) mass is 360 g/mol. The molecule has 1 heterocycles. The number of amides is 1. The van der Waals surface area contributed by atoms with Crippen molar-refractivity contribution in [2.45, 2.75) is 12.6 Å². The van der Waals surface area contributed by atoms with Crippen LogP contribution in [0.15, 0.2) is 89.9 Å². The van der Waals surface area contributed by atoms with Crippen LogP contribution in [0.2, 0.25) is 0 Å². The Morgan fingerprint density at radius 2 is 1.48 bits per heavy atom. The summed E-state index contributed by atoms with van der Waals surface area (Å²) in [5.74, 6) is -0.838. The van der Waals surface area contributed by atoms with E-state index in [2.05, 4.69) is 0 Å². The van der Waals surface area contributed by atoms with Gasteiger partial charge in [-0.25, -0.2) is 0 Å². The fourth-order valence-corrected chi connectivity index (χ4v) is 2.91. The molecule has 1 aromatic heterocycles. The number of rotatable bonds is 6. The van der Waals surface area contributed by atoms with Gasteiger partial charge in [-0.3, -0.25) is 19.0 Å². The minimum Gasteiger partial charge on any atom is -0.339 e. The summed E-state index contributed by atoms with van der Waals surface area (Å²) in [5.41, 5.74) is 0.938. The van der Waals surface area contributed by atoms with Gasteiger partial charge in [0, 0.05) is 31.4 Å². The molecule has 3 rings (SSSR count). The number of pyridine rings is 1. The molecule has 1 amide bonds. The summed E-state index contributed by atoms with van der Waals surface area (Å²) in [6.45, 7) is 0.347. The van der Waals surface area contributed by atoms with Gasteiger partial charge in [0.2, 0.25) is 0 Å². The van der Waals surface area contributed by atoms with E-state index >= 15 is 0 Å². The SMILES string of the molecule is CN(Cc1ccccc1)C(=O)[C@@H](C(=O)c1ccccc1)n1ccccc1=O. The van der Waals surface area contributed by atoms with E-state index in [1.165, 1.54) is 21.7 Å². The topological polar surface area (TPSA) is 59.4 Å². The lowest BCUT2D eigenvalue weighted by molar-refractivity contribution is -0.132. The number of hydrogen-bond donors (Lipinski definition) is 0. The first-order valence-corrected chi connectivity index (χ1v) is 8.63. The molecule has 0 spiro atoms. The van der Waals surface area contributed by atoms with E-state index in [0.29, 0.717) is 12.1 Å². The molecule has 0 aliphatic rings. The standard InChI is InChI=1S/C22H20N2O3/c1-23(16-17-10-4-2-5-11-17)22(27)20(24-15-9-8-14-19(24)25)21(26)18-12-6-3-7-13-18/h2-15,20H,16H2,1H3/t20-/m1/s1. The van der Waals surface area contributed by atoms with Crippen LogP contribution in [0, 0.1) is 0 Å². The highest BCUT2D eigenvalue weighted by molar-refractivity contribution is 6.11. The summed E-state index contributed by atoms with van der Waals surface area (Å²) in [6, 6.07) is 21.4. The molecule has 0 fully saturated rings. The van der Waals surface area contributed by atoms with Crippen LogP contribution in [0.25, 0.3) is 0 Å². The van der Waals surface area contributed by atoms with E-state index in [-0.39, 0.29) is 0 Å². The molecule has 1 atom stereocenters. The summed E-state index contributed by atoms with van der Waals surface area (Å²) in [6.07, 6.45) is 1.47. The van der Waals surface area contributed by atoms with E-state index in [1.807, 2.05) is 30.3 Å². The van der Waals surface area contributed by atoms with Crippen molar-refractivity contribution in [2.24, 2.45) is 0 Å². The van der Waals surface area contributed by atoms with Crippen LogP contribution in [0.4, 0.5) is 0 Å². The Hall–Kier alpha value is -3.47. The van der Waals surface area contributed by atoms with Gasteiger partial charge in [0.05, 0.1) is 0 Å². The Kier molecular flexibility index (Phi) is 5.61. The second-order valence-electron chi connectivity index (χ2n) is 6.26. The van der Waals surface area contributed by atoms with Gasteiger partial charge in [-0.2, -0.15) is 0 Å². The maximum atomic E-state index is 13.2. The van der Waals surface area contributed by atoms with Crippen LogP contribution in [0.5, 0.6) is 0 Å². The van der Waals surface area contributed by atoms with Crippen molar-refractivity contribution in [1.29, 1.82) is 0 Å². The lowest BCUT2D eigenvalue weighted by atomic mass is 10.0. The maximum Gasteiger partial charge on any atom is 0.253 e. The molecule has 0 aliphatic carbocycles. The number of carbonyl (C=O) groups is 2. The van der Waals surface area contributed by atoms with E-state index in [0.717, 1.165) is 5.56 Å². The molecule has 5 heteroatoms. The minimum atomic E-state index is -1.24. The second-order valence-corrected chi connectivity index (χ2v) is 6.26. The molecule has 136 valence electrons. The van der Waals surface area contributed by atoms with E-state index in [4.69, 9.17) is 0 Å². The van der Waals surface area contributed by atoms with Gasteiger partial charge < -0.3 is 4.90 Å². The Labute approximate surface area is 157 Å². The van der Waals surface area contributed by atoms with Crippen molar-refractivity contribution in [3.8, 4) is 0 Å². The number of aromatic nitrogens is 1. The molecule has 27 heavy (non-hydrogen) atoms. The normalized spacial score (nSPS) is 11.6. The molecule has 0 N–H and O–H groups in total. The third-order valence-electron chi connectivity index (χ3n) is 4.31. The number of Topliss-reactive ketones (excluding diaryl/α,β-unsaturated/α-hetero) is 1. The third kappa shape index (κ3) is 4.20. The highest BCUT2D eigenvalue weighted by atomic mass is 16.2. The van der Waals surface area contributed by atoms with Crippen molar-refractivity contribution >= 4 is 11.7 Å². The number of benzene rings is 2. The number of nitrogens with zero attached hydrogens (tertiary/aromatic N) is 2. The Bertz CT molecular complexity index is 981. The van der Waals surface area contributed by atoms with E-state index in [1.54, 1.807) is 49.5 Å². The van der Waals surface area contributed by atoms with Gasteiger partial charge in [-0.1, -0.05) is 66.7 Å². The quantitative estimate of drug-likeness (QED) is 0.502. The molecule has 0 bridgehead atoms. The third-order valence-corrected chi connectivity index (χ3v) is 4.31. The fourth-order valence-electron chi connectivity index (χ4n) is 2.91. The zero-order valence-corrected chi connectivity index (χ0v) is 15.0. The number of carbonyl (C=O) groups excluding carboxylic acids is 2. The number of hydrogen-bond acceptors (Lipinski definition) is 3. The average molecular weight is 360 g/mol. The molecule has 0 unspecified atom stereocenters. The Balaban J connectivity index is 1.96. The van der Waals surface area contributed by atoms with E-state index < -0.39 is 23.3 Å². The predicted molar refractivity (Wildman–Crippen MR) is 103 cm³/mol. The number of ketones is 1. The first-order chi connectivity index (χ1) is 13.1. The van der Waals surface area contributed by atoms with Crippen LogP contribution in [0.3, 0.4) is 0 Å². The Morgan fingerprint density at radius 1 is 0.889 bits per heavy atom. The van der Waals surface area contributed by atoms with Crippen LogP contribution in [-0.4, -0.2) is 28.2 Å². The fraction of sp³-hybridized carbons (Fsp3) is 0.136. The van der Waals surface area contributed by atoms with Crippen molar-refractivity contribution in [1.82, 2.24) is 9.47 Å². The average Bonchev–Trinajstić information content (AvgIpc) is 2.70. The summed E-state index contributed by atoms with van der Waals surface area (Å²) < 4.78 is 1.19. The maximum absolute atomic E-state index is 13.2. The molecular weight excluding hydrogens is 340 g/mol. The van der Waals surface area contributed by atoms with Crippen molar-refractivity contribution in [3.63, 3.8) is 0 Å². The lowest BCUT2D eigenvalue weighted by Gasteiger charge is -2.24. The van der Waals surface area contributed by atoms with Crippen molar-refractivity contribution in [2.75, 3.05) is 7.05 Å². The smallest absolute Gasteiger partial charge is 0.253 e. The second kappa shape index (κ2) is 8.27. The number of likely N-dealkylation sites (N-methyl/N-ethyl adjacent to an activating group) is 1. The van der Waals surface area contributed by atoms with Crippen molar-refractivity contribution < 1.29 is 9.59 Å². The molecular formula is C22H20N2O3. The summed E-state index contributed by atoms with van der Waals surface area (Å²) in [7, 11) is 1.63. The van der Waals surface area contributed by atoms with Crippen LogP contribution >= 0.6 is 0 Å². The highest BCUT2D eigenvalue weighted by Crippen LogP contribution is 2.17. The van der Waals surface area contributed by atoms with E-state index in [9.17, 15) is 14.4 Å². The first-order valence-electron chi connectivity index (χ1n) is 8.63.